The first-order valence-electron chi connectivity index (χ1n) is 9.49. The van der Waals surface area contributed by atoms with E-state index in [-0.39, 0.29) is 0 Å². The Hall–Kier alpha value is -2.59. The molecular weight excluding hydrogens is 314 g/mol. The fraction of sp³-hybridized carbons (Fsp3) is 0.320. The molecule has 0 atom stereocenters. The van der Waals surface area contributed by atoms with Crippen molar-refractivity contribution in [2.45, 2.75) is 52.4 Å². The lowest BCUT2D eigenvalue weighted by atomic mass is 9.82. The summed E-state index contributed by atoms with van der Waals surface area (Å²) in [5.41, 5.74) is 11.4. The van der Waals surface area contributed by atoms with Gasteiger partial charge in [0.2, 0.25) is 0 Å². The number of nitriles is 1. The zero-order chi connectivity index (χ0) is 18.7. The summed E-state index contributed by atoms with van der Waals surface area (Å²) < 4.78 is 0. The molecular formula is C25H27N. The summed E-state index contributed by atoms with van der Waals surface area (Å²) in [7, 11) is 0. The molecule has 0 heterocycles. The van der Waals surface area contributed by atoms with Gasteiger partial charge in [-0.1, -0.05) is 31.4 Å². The number of aryl methyl sites for hydroxylation is 2. The zero-order valence-corrected chi connectivity index (χ0v) is 16.0. The van der Waals surface area contributed by atoms with E-state index in [1.165, 1.54) is 47.9 Å². The highest BCUT2D eigenvalue weighted by Crippen LogP contribution is 2.34. The Morgan fingerprint density at radius 3 is 2.35 bits per heavy atom. The van der Waals surface area contributed by atoms with E-state index in [1.54, 1.807) is 11.1 Å². The van der Waals surface area contributed by atoms with Gasteiger partial charge >= 0.3 is 0 Å². The normalized spacial score (nSPS) is 13.0. The number of fused-ring (bicyclic) bond motifs is 1. The second-order valence-corrected chi connectivity index (χ2v) is 7.43. The first-order valence-corrected chi connectivity index (χ1v) is 9.49. The van der Waals surface area contributed by atoms with E-state index < -0.39 is 0 Å². The molecule has 0 amide bonds. The van der Waals surface area contributed by atoms with E-state index in [1.807, 2.05) is 24.3 Å². The van der Waals surface area contributed by atoms with Crippen molar-refractivity contribution in [3.8, 4) is 6.07 Å². The number of allylic oxidation sites excluding steroid dienone is 2. The Kier molecular flexibility index (Phi) is 5.43. The lowest BCUT2D eigenvalue weighted by molar-refractivity contribution is 0.680. The van der Waals surface area contributed by atoms with Crippen LogP contribution in [0.3, 0.4) is 0 Å². The highest BCUT2D eigenvalue weighted by Gasteiger charge is 2.17. The quantitative estimate of drug-likeness (QED) is 0.604. The van der Waals surface area contributed by atoms with E-state index in [4.69, 9.17) is 5.26 Å². The molecule has 0 aliphatic heterocycles. The standard InChI is InChI=1S/C25H27N/c1-17(22-13-11-21(16-26)12-14-22)9-10-18(2)25-19(3)15-23-7-5-6-8-24(23)20(25)4/h11-15H,1-2,5-10H2,3-4H3. The summed E-state index contributed by atoms with van der Waals surface area (Å²) in [6.45, 7) is 13.1. The Balaban J connectivity index is 1.74. The van der Waals surface area contributed by atoms with Crippen LogP contribution in [0.5, 0.6) is 0 Å². The van der Waals surface area contributed by atoms with Gasteiger partial charge in [0.05, 0.1) is 11.6 Å². The molecule has 2 aromatic rings. The summed E-state index contributed by atoms with van der Waals surface area (Å²) in [5.74, 6) is 0. The van der Waals surface area contributed by atoms with Crippen LogP contribution < -0.4 is 0 Å². The Morgan fingerprint density at radius 2 is 1.65 bits per heavy atom. The van der Waals surface area contributed by atoms with Crippen molar-refractivity contribution in [3.63, 3.8) is 0 Å². The van der Waals surface area contributed by atoms with Crippen molar-refractivity contribution in [2.24, 2.45) is 0 Å². The van der Waals surface area contributed by atoms with Crippen molar-refractivity contribution in [1.29, 1.82) is 5.26 Å². The number of rotatable bonds is 5. The molecule has 0 saturated heterocycles. The van der Waals surface area contributed by atoms with Gasteiger partial charge in [-0.3, -0.25) is 0 Å². The first kappa shape index (κ1) is 18.2. The fourth-order valence-corrected chi connectivity index (χ4v) is 4.19. The maximum Gasteiger partial charge on any atom is 0.0991 e. The molecule has 132 valence electrons. The molecule has 0 saturated carbocycles. The predicted molar refractivity (Wildman–Crippen MR) is 111 cm³/mol. The Labute approximate surface area is 157 Å². The molecule has 0 radical (unpaired) electrons. The molecule has 2 aromatic carbocycles. The predicted octanol–water partition coefficient (Wildman–Crippen LogP) is 6.56. The highest BCUT2D eigenvalue weighted by atomic mass is 14.2. The van der Waals surface area contributed by atoms with Crippen LogP contribution in [0.1, 0.15) is 64.6 Å². The van der Waals surface area contributed by atoms with E-state index >= 15 is 0 Å². The van der Waals surface area contributed by atoms with Gasteiger partial charge in [0.15, 0.2) is 0 Å². The SMILES string of the molecule is C=C(CCC(=C)c1c(C)cc2c(c1C)CCCC2)c1ccc(C#N)cc1. The lowest BCUT2D eigenvalue weighted by Gasteiger charge is -2.23. The second-order valence-electron chi connectivity index (χ2n) is 7.43. The summed E-state index contributed by atoms with van der Waals surface area (Å²) in [4.78, 5) is 0. The van der Waals surface area contributed by atoms with Gasteiger partial charge in [0, 0.05) is 0 Å². The molecule has 1 heteroatoms. The summed E-state index contributed by atoms with van der Waals surface area (Å²) in [6.07, 6.45) is 6.86. The van der Waals surface area contributed by atoms with Gasteiger partial charge in [0.1, 0.15) is 0 Å². The number of hydrogen-bond acceptors (Lipinski definition) is 1. The minimum Gasteiger partial charge on any atom is -0.192 e. The molecule has 1 aliphatic carbocycles. The van der Waals surface area contributed by atoms with E-state index in [2.05, 4.69) is 39.1 Å². The summed E-state index contributed by atoms with van der Waals surface area (Å²) >= 11 is 0. The monoisotopic (exact) mass is 341 g/mol. The molecule has 1 aliphatic rings. The molecule has 0 bridgehead atoms. The van der Waals surface area contributed by atoms with Gasteiger partial charge in [-0.25, -0.2) is 0 Å². The summed E-state index contributed by atoms with van der Waals surface area (Å²) in [6, 6.07) is 12.2. The molecule has 0 fully saturated rings. The number of nitrogens with zero attached hydrogens (tertiary/aromatic N) is 1. The summed E-state index contributed by atoms with van der Waals surface area (Å²) in [5, 5.41) is 8.92. The fourth-order valence-electron chi connectivity index (χ4n) is 4.19. The molecule has 3 rings (SSSR count). The van der Waals surface area contributed by atoms with E-state index in [0.29, 0.717) is 5.56 Å². The van der Waals surface area contributed by atoms with Gasteiger partial charge in [-0.15, -0.1) is 0 Å². The van der Waals surface area contributed by atoms with Gasteiger partial charge in [-0.05, 0) is 109 Å². The van der Waals surface area contributed by atoms with Crippen molar-refractivity contribution in [1.82, 2.24) is 0 Å². The van der Waals surface area contributed by atoms with Crippen molar-refractivity contribution in [2.75, 3.05) is 0 Å². The third-order valence-corrected chi connectivity index (χ3v) is 5.63. The molecule has 1 nitrogen and oxygen atoms in total. The molecule has 0 aromatic heterocycles. The molecule has 0 N–H and O–H groups in total. The Bertz CT molecular complexity index is 891. The van der Waals surface area contributed by atoms with Crippen LogP contribution in [0.25, 0.3) is 11.1 Å². The van der Waals surface area contributed by atoms with Gasteiger partial charge in [-0.2, -0.15) is 5.26 Å². The van der Waals surface area contributed by atoms with Crippen molar-refractivity contribution in [3.05, 3.63) is 82.4 Å². The lowest BCUT2D eigenvalue weighted by Crippen LogP contribution is -2.08. The van der Waals surface area contributed by atoms with Crippen LogP contribution in [0.4, 0.5) is 0 Å². The second kappa shape index (κ2) is 7.75. The van der Waals surface area contributed by atoms with E-state index in [0.717, 1.165) is 24.0 Å². The smallest absolute Gasteiger partial charge is 0.0991 e. The van der Waals surface area contributed by atoms with Crippen LogP contribution in [0, 0.1) is 25.2 Å². The molecule has 26 heavy (non-hydrogen) atoms. The minimum absolute atomic E-state index is 0.686. The van der Waals surface area contributed by atoms with Crippen LogP contribution in [0.2, 0.25) is 0 Å². The van der Waals surface area contributed by atoms with Gasteiger partial charge in [0.25, 0.3) is 0 Å². The Morgan fingerprint density at radius 1 is 1.00 bits per heavy atom. The minimum atomic E-state index is 0.686. The van der Waals surface area contributed by atoms with Crippen molar-refractivity contribution >= 4 is 11.1 Å². The third kappa shape index (κ3) is 3.65. The van der Waals surface area contributed by atoms with Crippen LogP contribution in [0.15, 0.2) is 43.5 Å². The number of benzene rings is 2. The highest BCUT2D eigenvalue weighted by molar-refractivity contribution is 5.73. The first-order chi connectivity index (χ1) is 12.5. The molecule has 0 unspecified atom stereocenters. The average Bonchev–Trinajstić information content (AvgIpc) is 2.66. The maximum absolute atomic E-state index is 8.92. The van der Waals surface area contributed by atoms with Crippen LogP contribution >= 0.6 is 0 Å². The zero-order valence-electron chi connectivity index (χ0n) is 16.0. The topological polar surface area (TPSA) is 23.8 Å². The van der Waals surface area contributed by atoms with Crippen LogP contribution in [-0.4, -0.2) is 0 Å². The maximum atomic E-state index is 8.92. The largest absolute Gasteiger partial charge is 0.192 e. The van der Waals surface area contributed by atoms with Gasteiger partial charge < -0.3 is 0 Å². The number of hydrogen-bond donors (Lipinski definition) is 0. The average molecular weight is 341 g/mol. The van der Waals surface area contributed by atoms with Crippen LogP contribution in [-0.2, 0) is 12.8 Å². The van der Waals surface area contributed by atoms with E-state index in [9.17, 15) is 0 Å². The third-order valence-electron chi connectivity index (χ3n) is 5.63. The molecule has 0 spiro atoms. The van der Waals surface area contributed by atoms with Crippen molar-refractivity contribution < 1.29 is 0 Å².